The molecule has 180 valence electrons. The van der Waals surface area contributed by atoms with Gasteiger partial charge < -0.3 is 25.4 Å². The predicted molar refractivity (Wildman–Crippen MR) is 137 cm³/mol. The molecule has 6 heteroatoms. The average Bonchev–Trinajstić information content (AvgIpc) is 3.27. The molecule has 3 unspecified atom stereocenters. The fraction of sp³-hybridized carbons (Fsp3) is 0.519. The van der Waals surface area contributed by atoms with Gasteiger partial charge in [0.1, 0.15) is 12.3 Å². The first-order valence-electron chi connectivity index (χ1n) is 11.8. The summed E-state index contributed by atoms with van der Waals surface area (Å²) in [6, 6.07) is 0.695. The van der Waals surface area contributed by atoms with Crippen LogP contribution in [-0.2, 0) is 4.74 Å². The van der Waals surface area contributed by atoms with E-state index in [0.717, 1.165) is 36.3 Å². The zero-order valence-electron chi connectivity index (χ0n) is 20.6. The van der Waals surface area contributed by atoms with Crippen LogP contribution in [0.1, 0.15) is 46.0 Å². The summed E-state index contributed by atoms with van der Waals surface area (Å²) in [4.78, 5) is 6.46. The van der Waals surface area contributed by atoms with Crippen LogP contribution >= 0.6 is 0 Å². The van der Waals surface area contributed by atoms with Gasteiger partial charge in [0, 0.05) is 17.7 Å². The summed E-state index contributed by atoms with van der Waals surface area (Å²) in [5.74, 6) is 3.53. The van der Waals surface area contributed by atoms with Crippen molar-refractivity contribution < 1.29 is 9.84 Å². The van der Waals surface area contributed by atoms with E-state index in [-0.39, 0.29) is 18.1 Å². The Morgan fingerprint density at radius 2 is 2.00 bits per heavy atom. The summed E-state index contributed by atoms with van der Waals surface area (Å²) in [5.41, 5.74) is 2.19. The van der Waals surface area contributed by atoms with E-state index in [1.807, 2.05) is 39.2 Å². The van der Waals surface area contributed by atoms with Gasteiger partial charge in [-0.1, -0.05) is 42.4 Å². The highest BCUT2D eigenvalue weighted by Crippen LogP contribution is 2.27. The molecular formula is C27H40N4O2. The highest BCUT2D eigenvalue weighted by atomic mass is 16.5. The molecule has 0 aromatic carbocycles. The van der Waals surface area contributed by atoms with E-state index in [1.54, 1.807) is 0 Å². The molecule has 3 atom stereocenters. The van der Waals surface area contributed by atoms with Crippen molar-refractivity contribution in [2.45, 2.75) is 58.1 Å². The third kappa shape index (κ3) is 9.33. The molecule has 0 aromatic heterocycles. The topological polar surface area (TPSA) is 69.1 Å². The minimum absolute atomic E-state index is 0.101. The van der Waals surface area contributed by atoms with E-state index < -0.39 is 0 Å². The van der Waals surface area contributed by atoms with Gasteiger partial charge in [-0.3, -0.25) is 0 Å². The van der Waals surface area contributed by atoms with Crippen LogP contribution in [0.2, 0.25) is 0 Å². The Labute approximate surface area is 199 Å². The third-order valence-electron chi connectivity index (χ3n) is 5.81. The van der Waals surface area contributed by atoms with Crippen LogP contribution in [-0.4, -0.2) is 55.5 Å². The largest absolute Gasteiger partial charge is 0.429 e. The van der Waals surface area contributed by atoms with Crippen molar-refractivity contribution in [3.8, 4) is 12.3 Å². The predicted octanol–water partition coefficient (Wildman–Crippen LogP) is 3.86. The molecule has 3 rings (SSSR count). The number of terminal acetylenes is 1. The molecule has 0 saturated carbocycles. The Morgan fingerprint density at radius 1 is 1.27 bits per heavy atom. The molecule has 0 amide bonds. The number of ether oxygens (including phenoxy) is 1. The number of nitrogens with one attached hydrogen (secondary N) is 2. The monoisotopic (exact) mass is 452 g/mol. The maximum atomic E-state index is 10.4. The van der Waals surface area contributed by atoms with Gasteiger partial charge in [-0.05, 0) is 71.7 Å². The molecule has 0 saturated heterocycles. The number of rotatable bonds is 7. The summed E-state index contributed by atoms with van der Waals surface area (Å²) in [6.07, 6.45) is 24.4. The lowest BCUT2D eigenvalue weighted by atomic mass is 9.88. The van der Waals surface area contributed by atoms with Crippen molar-refractivity contribution in [3.05, 3.63) is 59.6 Å². The number of aliphatic hydroxyl groups excluding tert-OH is 1. The maximum absolute atomic E-state index is 10.4. The first-order chi connectivity index (χ1) is 15.9. The van der Waals surface area contributed by atoms with Gasteiger partial charge >= 0.3 is 0 Å². The Morgan fingerprint density at radius 3 is 2.61 bits per heavy atom. The summed E-state index contributed by atoms with van der Waals surface area (Å²) in [5, 5.41) is 17.0. The third-order valence-corrected chi connectivity index (χ3v) is 5.81. The molecule has 3 aliphatic rings. The number of aliphatic hydroxyl groups is 1. The second-order valence-electron chi connectivity index (χ2n) is 8.64. The fourth-order valence-electron chi connectivity index (χ4n) is 3.64. The van der Waals surface area contributed by atoms with Crippen molar-refractivity contribution in [3.63, 3.8) is 0 Å². The van der Waals surface area contributed by atoms with Crippen LogP contribution in [0.25, 0.3) is 0 Å². The van der Waals surface area contributed by atoms with Gasteiger partial charge in [-0.25, -0.2) is 4.99 Å². The Kier molecular flexibility index (Phi) is 11.6. The highest BCUT2D eigenvalue weighted by Gasteiger charge is 2.26. The summed E-state index contributed by atoms with van der Waals surface area (Å²) in [6.45, 7) is 5.10. The standard InChI is InChI=1S/C21H32N4O2.C6H8/c1-6-15(2)9-7-10-17-13-22-21(27-17)24-14-23-18-11-8-12-19(26)20(18)16(3)25(4)5;1-2-4-6-5-3-1/h1,7,9-10,15-16,19,23,26H,8,11-14H2,2-5H3,(H,22,24);1-4H,5-6H2/b9-7-,17-10+;. The summed E-state index contributed by atoms with van der Waals surface area (Å²) in [7, 11) is 4.06. The van der Waals surface area contributed by atoms with Gasteiger partial charge in [0.25, 0.3) is 6.02 Å². The van der Waals surface area contributed by atoms with Gasteiger partial charge in [-0.15, -0.1) is 6.42 Å². The minimum Gasteiger partial charge on any atom is -0.429 e. The van der Waals surface area contributed by atoms with E-state index in [2.05, 4.69) is 57.7 Å². The van der Waals surface area contributed by atoms with Crippen LogP contribution < -0.4 is 10.6 Å². The van der Waals surface area contributed by atoms with Crippen LogP contribution in [0.3, 0.4) is 0 Å². The lowest BCUT2D eigenvalue weighted by Crippen LogP contribution is -2.40. The van der Waals surface area contributed by atoms with Gasteiger partial charge in [0.05, 0.1) is 12.8 Å². The SMILES string of the molecule is C#CC(C)/C=C\C=C1/CN=C(NCNC2=C(C(C)N(C)C)C(O)CCC2)O1.C1=CCCC=C1. The van der Waals surface area contributed by atoms with Crippen molar-refractivity contribution in [1.29, 1.82) is 0 Å². The summed E-state index contributed by atoms with van der Waals surface area (Å²) >= 11 is 0. The Hall–Kier alpha value is -2.75. The molecule has 0 bridgehead atoms. The lowest BCUT2D eigenvalue weighted by molar-refractivity contribution is 0.163. The molecular weight excluding hydrogens is 412 g/mol. The number of aliphatic imine (C=N–C) groups is 1. The quantitative estimate of drug-likeness (QED) is 0.404. The molecule has 6 nitrogen and oxygen atoms in total. The van der Waals surface area contributed by atoms with Crippen LogP contribution in [0.4, 0.5) is 0 Å². The highest BCUT2D eigenvalue weighted by molar-refractivity contribution is 5.76. The van der Waals surface area contributed by atoms with Crippen LogP contribution in [0.15, 0.2) is 64.6 Å². The van der Waals surface area contributed by atoms with Gasteiger partial charge in [-0.2, -0.15) is 0 Å². The van der Waals surface area contributed by atoms with E-state index in [1.165, 1.54) is 12.8 Å². The first-order valence-corrected chi connectivity index (χ1v) is 11.8. The minimum atomic E-state index is -0.384. The zero-order chi connectivity index (χ0) is 24.1. The smallest absolute Gasteiger partial charge is 0.291 e. The van der Waals surface area contributed by atoms with Crippen molar-refractivity contribution in [2.24, 2.45) is 10.9 Å². The number of hydrogen-bond donors (Lipinski definition) is 3. The van der Waals surface area contributed by atoms with E-state index in [9.17, 15) is 5.11 Å². The number of nitrogens with zero attached hydrogens (tertiary/aromatic N) is 2. The first kappa shape index (κ1) is 26.5. The van der Waals surface area contributed by atoms with E-state index in [0.29, 0.717) is 19.2 Å². The van der Waals surface area contributed by atoms with E-state index >= 15 is 0 Å². The Balaban J connectivity index is 0.000000554. The molecule has 0 radical (unpaired) electrons. The number of amidine groups is 1. The lowest BCUT2D eigenvalue weighted by Gasteiger charge is -2.33. The molecule has 0 fully saturated rings. The normalized spacial score (nSPS) is 23.0. The Bertz CT molecular complexity index is 831. The number of hydrogen-bond acceptors (Lipinski definition) is 6. The maximum Gasteiger partial charge on any atom is 0.291 e. The second-order valence-corrected chi connectivity index (χ2v) is 8.64. The van der Waals surface area contributed by atoms with Gasteiger partial charge in [0.2, 0.25) is 0 Å². The van der Waals surface area contributed by atoms with Gasteiger partial charge in [0.15, 0.2) is 0 Å². The van der Waals surface area contributed by atoms with Crippen LogP contribution in [0, 0.1) is 18.3 Å². The number of allylic oxidation sites excluding steroid dienone is 8. The van der Waals surface area contributed by atoms with Crippen molar-refractivity contribution in [2.75, 3.05) is 27.3 Å². The second kappa shape index (κ2) is 14.4. The molecule has 2 aliphatic carbocycles. The van der Waals surface area contributed by atoms with E-state index in [4.69, 9.17) is 11.2 Å². The summed E-state index contributed by atoms with van der Waals surface area (Å²) < 4.78 is 5.68. The molecule has 3 N–H and O–H groups in total. The van der Waals surface area contributed by atoms with Crippen molar-refractivity contribution >= 4 is 6.02 Å². The molecule has 0 spiro atoms. The van der Waals surface area contributed by atoms with Crippen LogP contribution in [0.5, 0.6) is 0 Å². The molecule has 1 heterocycles. The number of likely N-dealkylation sites (N-methyl/N-ethyl adjacent to an activating group) is 1. The van der Waals surface area contributed by atoms with Crippen molar-refractivity contribution in [1.82, 2.24) is 15.5 Å². The molecule has 0 aromatic rings. The fourth-order valence-corrected chi connectivity index (χ4v) is 3.64. The molecule has 1 aliphatic heterocycles. The molecule has 33 heavy (non-hydrogen) atoms. The zero-order valence-corrected chi connectivity index (χ0v) is 20.6. The average molecular weight is 453 g/mol.